The molecule has 0 saturated carbocycles. The lowest BCUT2D eigenvalue weighted by atomic mass is 9.81. The third kappa shape index (κ3) is 4.75. The minimum atomic E-state index is -0.163. The smallest absolute Gasteiger partial charge is 0.234 e. The predicted molar refractivity (Wildman–Crippen MR) is 137 cm³/mol. The van der Waals surface area contributed by atoms with E-state index in [0.717, 1.165) is 58.6 Å². The number of carbonyl (C=O) groups is 1. The zero-order valence-electron chi connectivity index (χ0n) is 20.4. The van der Waals surface area contributed by atoms with E-state index < -0.39 is 0 Å². The number of methoxy groups -OCH3 is 1. The third-order valence-corrected chi connectivity index (χ3v) is 6.73. The summed E-state index contributed by atoms with van der Waals surface area (Å²) in [5, 5.41) is 0. The van der Waals surface area contributed by atoms with Gasteiger partial charge in [0.25, 0.3) is 0 Å². The number of hydrogen-bond acceptors (Lipinski definition) is 3. The number of ether oxygens (including phenoxy) is 1. The molecule has 0 bridgehead atoms. The van der Waals surface area contributed by atoms with Crippen molar-refractivity contribution in [3.05, 3.63) is 88.5 Å². The van der Waals surface area contributed by atoms with Gasteiger partial charge in [-0.15, -0.1) is 0 Å². The van der Waals surface area contributed by atoms with Crippen molar-refractivity contribution < 1.29 is 9.53 Å². The standard InChI is InChI=1S/C29H34N2O2/c1-20-8-6-9-21(2)28(20)31(19-22-12-15-24(16-13-22)30(3)4)29(32)26-11-7-10-23-14-17-25(33-5)18-27(23)26/h6,8-9,12-18,26H,7,10-11,19H2,1-5H3. The van der Waals surface area contributed by atoms with E-state index in [2.05, 4.69) is 73.3 Å². The van der Waals surface area contributed by atoms with Crippen molar-refractivity contribution in [3.63, 3.8) is 0 Å². The summed E-state index contributed by atoms with van der Waals surface area (Å²) in [6, 6.07) is 20.9. The first kappa shape index (κ1) is 22.9. The Morgan fingerprint density at radius 1 is 1.00 bits per heavy atom. The molecule has 0 spiro atoms. The van der Waals surface area contributed by atoms with E-state index in [0.29, 0.717) is 6.54 Å². The molecule has 3 aromatic carbocycles. The van der Waals surface area contributed by atoms with Crippen LogP contribution in [0, 0.1) is 13.8 Å². The monoisotopic (exact) mass is 442 g/mol. The number of rotatable bonds is 6. The van der Waals surface area contributed by atoms with Crippen molar-refractivity contribution in [1.82, 2.24) is 0 Å². The van der Waals surface area contributed by atoms with E-state index in [1.54, 1.807) is 7.11 Å². The van der Waals surface area contributed by atoms with Gasteiger partial charge in [-0.25, -0.2) is 0 Å². The van der Waals surface area contributed by atoms with Crippen LogP contribution >= 0.6 is 0 Å². The van der Waals surface area contributed by atoms with E-state index >= 15 is 0 Å². The zero-order chi connectivity index (χ0) is 23.5. The van der Waals surface area contributed by atoms with Gasteiger partial charge in [0.1, 0.15) is 5.75 Å². The number of aryl methyl sites for hydroxylation is 3. The van der Waals surface area contributed by atoms with E-state index in [4.69, 9.17) is 4.74 Å². The Labute approximate surface area is 197 Å². The SMILES string of the molecule is COc1ccc2c(c1)C(C(=O)N(Cc1ccc(N(C)C)cc1)c1c(C)cccc1C)CCC2. The molecule has 0 N–H and O–H groups in total. The summed E-state index contributed by atoms with van der Waals surface area (Å²) in [7, 11) is 5.76. The van der Waals surface area contributed by atoms with Crippen LogP contribution in [0.15, 0.2) is 60.7 Å². The third-order valence-electron chi connectivity index (χ3n) is 6.73. The number of benzene rings is 3. The summed E-state index contributed by atoms with van der Waals surface area (Å²) >= 11 is 0. The van der Waals surface area contributed by atoms with Crippen LogP contribution in [0.2, 0.25) is 0 Å². The Morgan fingerprint density at radius 3 is 2.33 bits per heavy atom. The fraction of sp³-hybridized carbons (Fsp3) is 0.345. The van der Waals surface area contributed by atoms with Crippen molar-refractivity contribution in [2.24, 2.45) is 0 Å². The van der Waals surface area contributed by atoms with Crippen LogP contribution in [0.4, 0.5) is 11.4 Å². The fourth-order valence-electron chi connectivity index (χ4n) is 4.93. The molecule has 1 aliphatic carbocycles. The summed E-state index contributed by atoms with van der Waals surface area (Å²) in [6.45, 7) is 4.74. The summed E-state index contributed by atoms with van der Waals surface area (Å²) in [6.07, 6.45) is 2.90. The van der Waals surface area contributed by atoms with Crippen molar-refractivity contribution in [3.8, 4) is 5.75 Å². The molecule has 4 rings (SSSR count). The molecule has 1 atom stereocenters. The lowest BCUT2D eigenvalue weighted by Crippen LogP contribution is -2.37. The van der Waals surface area contributed by atoms with Gasteiger partial charge < -0.3 is 14.5 Å². The maximum Gasteiger partial charge on any atom is 0.234 e. The second kappa shape index (κ2) is 9.70. The Balaban J connectivity index is 1.75. The van der Waals surface area contributed by atoms with Crippen molar-refractivity contribution >= 4 is 17.3 Å². The molecule has 0 aromatic heterocycles. The largest absolute Gasteiger partial charge is 0.497 e. The first-order chi connectivity index (χ1) is 15.9. The molecule has 0 radical (unpaired) electrons. The van der Waals surface area contributed by atoms with E-state index in [1.165, 1.54) is 5.56 Å². The predicted octanol–water partition coefficient (Wildman–Crippen LogP) is 6.03. The Hall–Kier alpha value is -3.27. The van der Waals surface area contributed by atoms with Crippen LogP contribution in [0.5, 0.6) is 5.75 Å². The molecule has 0 saturated heterocycles. The second-order valence-electron chi connectivity index (χ2n) is 9.24. The molecule has 3 aromatic rings. The highest BCUT2D eigenvalue weighted by molar-refractivity contribution is 5.99. The number of nitrogens with zero attached hydrogens (tertiary/aromatic N) is 2. The number of fused-ring (bicyclic) bond motifs is 1. The number of anilines is 2. The van der Waals surface area contributed by atoms with Crippen molar-refractivity contribution in [1.29, 1.82) is 0 Å². The van der Waals surface area contributed by atoms with Gasteiger partial charge in [-0.1, -0.05) is 36.4 Å². The zero-order valence-corrected chi connectivity index (χ0v) is 20.4. The van der Waals surface area contributed by atoms with Crippen LogP contribution < -0.4 is 14.5 Å². The van der Waals surface area contributed by atoms with E-state index in [-0.39, 0.29) is 11.8 Å². The van der Waals surface area contributed by atoms with Gasteiger partial charge in [0.2, 0.25) is 5.91 Å². The summed E-state index contributed by atoms with van der Waals surface area (Å²) < 4.78 is 5.49. The first-order valence-electron chi connectivity index (χ1n) is 11.7. The van der Waals surface area contributed by atoms with Crippen LogP contribution in [-0.2, 0) is 17.8 Å². The summed E-state index contributed by atoms with van der Waals surface area (Å²) in [5.74, 6) is 0.813. The average Bonchev–Trinajstić information content (AvgIpc) is 2.82. The topological polar surface area (TPSA) is 32.8 Å². The minimum absolute atomic E-state index is 0.163. The quantitative estimate of drug-likeness (QED) is 0.467. The van der Waals surface area contributed by atoms with Crippen LogP contribution in [0.3, 0.4) is 0 Å². The lowest BCUT2D eigenvalue weighted by Gasteiger charge is -2.33. The maximum absolute atomic E-state index is 14.2. The molecule has 1 unspecified atom stereocenters. The number of hydrogen-bond donors (Lipinski definition) is 0. The van der Waals surface area contributed by atoms with Gasteiger partial charge in [0, 0.05) is 25.5 Å². The normalized spacial score (nSPS) is 15.0. The van der Waals surface area contributed by atoms with Gasteiger partial charge in [-0.05, 0) is 85.2 Å². The first-order valence-corrected chi connectivity index (χ1v) is 11.7. The number of amides is 1. The molecular formula is C29H34N2O2. The molecular weight excluding hydrogens is 408 g/mol. The van der Waals surface area contributed by atoms with E-state index in [9.17, 15) is 4.79 Å². The summed E-state index contributed by atoms with van der Waals surface area (Å²) in [5.41, 5.74) is 7.91. The maximum atomic E-state index is 14.2. The highest BCUT2D eigenvalue weighted by atomic mass is 16.5. The van der Waals surface area contributed by atoms with Crippen molar-refractivity contribution in [2.75, 3.05) is 31.0 Å². The lowest BCUT2D eigenvalue weighted by molar-refractivity contribution is -0.120. The molecule has 4 heteroatoms. The highest BCUT2D eigenvalue weighted by Gasteiger charge is 2.32. The molecule has 172 valence electrons. The molecule has 33 heavy (non-hydrogen) atoms. The van der Waals surface area contributed by atoms with Gasteiger partial charge in [0.05, 0.1) is 19.6 Å². The fourth-order valence-corrected chi connectivity index (χ4v) is 4.93. The molecule has 4 nitrogen and oxygen atoms in total. The minimum Gasteiger partial charge on any atom is -0.497 e. The Kier molecular flexibility index (Phi) is 6.73. The van der Waals surface area contributed by atoms with Gasteiger partial charge >= 0.3 is 0 Å². The van der Waals surface area contributed by atoms with Crippen molar-refractivity contribution in [2.45, 2.75) is 45.6 Å². The highest BCUT2D eigenvalue weighted by Crippen LogP contribution is 2.38. The molecule has 0 fully saturated rings. The Bertz CT molecular complexity index is 1110. The number of para-hydroxylation sites is 1. The number of carbonyl (C=O) groups excluding carboxylic acids is 1. The van der Waals surface area contributed by atoms with Crippen LogP contribution in [0.1, 0.15) is 46.6 Å². The molecule has 0 aliphatic heterocycles. The van der Waals surface area contributed by atoms with Gasteiger partial charge in [0.15, 0.2) is 0 Å². The second-order valence-corrected chi connectivity index (χ2v) is 9.24. The van der Waals surface area contributed by atoms with Crippen LogP contribution in [-0.4, -0.2) is 27.1 Å². The van der Waals surface area contributed by atoms with Gasteiger partial charge in [-0.3, -0.25) is 4.79 Å². The summed E-state index contributed by atoms with van der Waals surface area (Å²) in [4.78, 5) is 18.3. The molecule has 1 amide bonds. The Morgan fingerprint density at radius 2 is 1.70 bits per heavy atom. The van der Waals surface area contributed by atoms with Crippen LogP contribution in [0.25, 0.3) is 0 Å². The molecule has 1 aliphatic rings. The average molecular weight is 443 g/mol. The van der Waals surface area contributed by atoms with Gasteiger partial charge in [-0.2, -0.15) is 0 Å². The molecule has 0 heterocycles. The van der Waals surface area contributed by atoms with E-state index in [1.807, 2.05) is 25.1 Å².